The molecule has 1 saturated heterocycles. The fourth-order valence-electron chi connectivity index (χ4n) is 4.47. The van der Waals surface area contributed by atoms with Crippen molar-refractivity contribution in [3.05, 3.63) is 93.5 Å². The Hall–Kier alpha value is -5.00. The Labute approximate surface area is 285 Å². The first kappa shape index (κ1) is 35.8. The number of aliphatic carboxylic acids is 2. The van der Waals surface area contributed by atoms with Gasteiger partial charge in [-0.3, -0.25) is 14.5 Å². The number of carboxylic acid groups (broad SMARTS) is 2. The molecule has 0 aliphatic carbocycles. The number of nitrogens with zero attached hydrogens (tertiary/aromatic N) is 3. The highest BCUT2D eigenvalue weighted by Gasteiger charge is 2.54. The van der Waals surface area contributed by atoms with Crippen LogP contribution >= 0.6 is 23.5 Å². The summed E-state index contributed by atoms with van der Waals surface area (Å²) in [4.78, 5) is 57.2. The van der Waals surface area contributed by atoms with Crippen LogP contribution in [-0.2, 0) is 24.0 Å². The van der Waals surface area contributed by atoms with Crippen LogP contribution in [0.15, 0.2) is 98.6 Å². The molecule has 4 rings (SSSR count). The summed E-state index contributed by atoms with van der Waals surface area (Å²) in [7, 11) is 0. The smallest absolute Gasteiger partial charge is 0.352 e. The first-order valence-electron chi connectivity index (χ1n) is 14.6. The van der Waals surface area contributed by atoms with E-state index in [0.29, 0.717) is 41.6 Å². The summed E-state index contributed by atoms with van der Waals surface area (Å²) in [5, 5.41) is 30.5. The second-order valence-electron chi connectivity index (χ2n) is 11.0. The maximum atomic E-state index is 13.5. The highest BCUT2D eigenvalue weighted by molar-refractivity contribution is 8.05. The molecule has 4 heterocycles. The van der Waals surface area contributed by atoms with E-state index in [4.69, 9.17) is 22.0 Å². The largest absolute Gasteiger partial charge is 0.478 e. The Kier molecular flexibility index (Phi) is 11.7. The van der Waals surface area contributed by atoms with Gasteiger partial charge in [-0.05, 0) is 43.1 Å². The third-order valence-corrected chi connectivity index (χ3v) is 9.16. The number of thioether (sulfide) groups is 2. The lowest BCUT2D eigenvalue weighted by molar-refractivity contribution is -0.439. The van der Waals surface area contributed by atoms with Crippen molar-refractivity contribution in [3.63, 3.8) is 0 Å². The van der Waals surface area contributed by atoms with Crippen LogP contribution in [0.3, 0.4) is 0 Å². The molecule has 0 aromatic rings. The van der Waals surface area contributed by atoms with Crippen molar-refractivity contribution in [1.29, 1.82) is 0 Å². The molecule has 2 amide bonds. The number of oxime groups is 1. The molecule has 10 N–H and O–H groups in total. The van der Waals surface area contributed by atoms with Gasteiger partial charge in [-0.2, -0.15) is 4.58 Å². The van der Waals surface area contributed by atoms with Crippen LogP contribution < -0.4 is 27.8 Å². The summed E-state index contributed by atoms with van der Waals surface area (Å²) in [5.74, 6) is -3.78. The third-order valence-electron chi connectivity index (χ3n) is 7.08. The van der Waals surface area contributed by atoms with E-state index in [9.17, 15) is 29.4 Å². The van der Waals surface area contributed by atoms with Gasteiger partial charge in [0.1, 0.15) is 22.8 Å². The topological polar surface area (TPSA) is 239 Å². The van der Waals surface area contributed by atoms with Crippen molar-refractivity contribution in [2.75, 3.05) is 25.4 Å². The van der Waals surface area contributed by atoms with Gasteiger partial charge in [-0.1, -0.05) is 41.2 Å². The number of amides is 2. The van der Waals surface area contributed by atoms with Gasteiger partial charge in [0.05, 0.1) is 10.7 Å². The van der Waals surface area contributed by atoms with E-state index in [1.807, 2.05) is 23.1 Å². The summed E-state index contributed by atoms with van der Waals surface area (Å²) >= 11 is 2.40. The number of nitrogens with one attached hydrogen (secondary N) is 2. The molecule has 4 aliphatic heterocycles. The molecular formula is C31H37N8O7S2+. The zero-order valence-corrected chi connectivity index (χ0v) is 27.8. The minimum atomic E-state index is -1.76. The van der Waals surface area contributed by atoms with Gasteiger partial charge in [0.15, 0.2) is 24.7 Å². The van der Waals surface area contributed by atoms with E-state index >= 15 is 0 Å². The highest BCUT2D eigenvalue weighted by atomic mass is 32.2. The van der Waals surface area contributed by atoms with Crippen LogP contribution in [0.2, 0.25) is 0 Å². The Balaban J connectivity index is 1.52. The predicted octanol–water partition coefficient (Wildman–Crippen LogP) is 0.389. The van der Waals surface area contributed by atoms with Gasteiger partial charge < -0.3 is 42.9 Å². The van der Waals surface area contributed by atoms with Gasteiger partial charge in [0, 0.05) is 30.5 Å². The first-order chi connectivity index (χ1) is 22.8. The average Bonchev–Trinajstić information content (AvgIpc) is 3.25. The fraction of sp³-hybridized carbons (Fsp3) is 0.290. The van der Waals surface area contributed by atoms with Crippen molar-refractivity contribution in [1.82, 2.24) is 15.5 Å². The van der Waals surface area contributed by atoms with Gasteiger partial charge in [-0.15, -0.1) is 11.8 Å². The number of fused-ring (bicyclic) bond motifs is 1. The summed E-state index contributed by atoms with van der Waals surface area (Å²) in [5.41, 5.74) is 17.3. The molecule has 4 aliphatic rings. The second-order valence-corrected chi connectivity index (χ2v) is 13.1. The lowest BCUT2D eigenvalue weighted by Gasteiger charge is -2.49. The lowest BCUT2D eigenvalue weighted by atomic mass is 10.0. The molecule has 2 atom stereocenters. The van der Waals surface area contributed by atoms with Crippen LogP contribution in [0.1, 0.15) is 13.8 Å². The fourth-order valence-corrected chi connectivity index (χ4v) is 6.40. The Bertz CT molecular complexity index is 1680. The Morgan fingerprint density at radius 1 is 1.21 bits per heavy atom. The van der Waals surface area contributed by atoms with Crippen LogP contribution in [0.5, 0.6) is 0 Å². The molecule has 0 aromatic carbocycles. The second kappa shape index (κ2) is 15.7. The van der Waals surface area contributed by atoms with Crippen molar-refractivity contribution < 1.29 is 38.8 Å². The molecule has 0 saturated carbocycles. The average molecular weight is 698 g/mol. The minimum absolute atomic E-state index is 0.178. The maximum absolute atomic E-state index is 13.5. The van der Waals surface area contributed by atoms with Gasteiger partial charge in [-0.25, -0.2) is 9.59 Å². The van der Waals surface area contributed by atoms with E-state index in [1.165, 1.54) is 31.7 Å². The molecule has 0 aromatic heterocycles. The van der Waals surface area contributed by atoms with Gasteiger partial charge >= 0.3 is 11.9 Å². The van der Waals surface area contributed by atoms with Crippen LogP contribution in [0.25, 0.3) is 0 Å². The number of hydrogen-bond acceptors (Lipinski definition) is 12. The monoisotopic (exact) mass is 697 g/mol. The Morgan fingerprint density at radius 2 is 1.98 bits per heavy atom. The van der Waals surface area contributed by atoms with Crippen LogP contribution in [-0.4, -0.2) is 97.8 Å². The molecule has 1 fully saturated rings. The molecule has 0 bridgehead atoms. The van der Waals surface area contributed by atoms with Gasteiger partial charge in [0.2, 0.25) is 5.60 Å². The van der Waals surface area contributed by atoms with Crippen LogP contribution in [0.4, 0.5) is 0 Å². The first-order valence-corrected chi connectivity index (χ1v) is 16.5. The molecule has 0 radical (unpaired) electrons. The highest BCUT2D eigenvalue weighted by Crippen LogP contribution is 2.40. The van der Waals surface area contributed by atoms with E-state index < -0.39 is 40.8 Å². The van der Waals surface area contributed by atoms with Crippen molar-refractivity contribution in [3.8, 4) is 0 Å². The quantitative estimate of drug-likeness (QED) is 0.0597. The van der Waals surface area contributed by atoms with E-state index in [0.717, 1.165) is 16.7 Å². The summed E-state index contributed by atoms with van der Waals surface area (Å²) in [6, 6.07) is -1.07. The molecule has 17 heteroatoms. The van der Waals surface area contributed by atoms with Crippen molar-refractivity contribution in [2.24, 2.45) is 22.4 Å². The van der Waals surface area contributed by atoms with Crippen molar-refractivity contribution in [2.45, 2.75) is 30.9 Å². The molecule has 48 heavy (non-hydrogen) atoms. The van der Waals surface area contributed by atoms with Crippen LogP contribution in [0, 0.1) is 0 Å². The molecule has 0 spiro atoms. The number of allylic oxidation sites excluding steroid dienone is 8. The zero-order valence-electron chi connectivity index (χ0n) is 26.2. The van der Waals surface area contributed by atoms with Gasteiger partial charge in [0.25, 0.3) is 11.8 Å². The minimum Gasteiger partial charge on any atom is -0.478 e. The summed E-state index contributed by atoms with van der Waals surface area (Å²) in [6.45, 7) is 3.85. The van der Waals surface area contributed by atoms with E-state index in [1.54, 1.807) is 41.9 Å². The summed E-state index contributed by atoms with van der Waals surface area (Å²) < 4.78 is 1.86. The zero-order chi connectivity index (χ0) is 35.0. The number of rotatable bonds is 13. The summed E-state index contributed by atoms with van der Waals surface area (Å²) in [6.07, 6.45) is 17.2. The van der Waals surface area contributed by atoms with Crippen molar-refractivity contribution >= 4 is 59.2 Å². The number of carbonyl (C=O) groups excluding carboxylic acids is 2. The number of hydrogen-bond donors (Lipinski definition) is 7. The lowest BCUT2D eigenvalue weighted by Crippen LogP contribution is -2.71. The standard InChI is InChI=1S/C31H36N8O7S2/c1-31(2,30(44)45)46-37-23(18-7-5-10-22(34)47-16-18)26(40)36-24-27(41)39-25(29(42)43)19(17-48-28(24)39)8-6-14-38-13-4-3-9-20(33)21(15-38)35-12-11-32/h3-10,13,15-16,24,28,33,35H,11-12,14,17,32,34H2,1-2H3,(H3,36,40,42,43,44,45)/p+1/b8-6+,9-3+,13-4+,21-15?,37-23-/t24-,28?/m1/s1. The Morgan fingerprint density at radius 3 is 2.69 bits per heavy atom. The number of β-lactam (4-membered cyclic amide) rings is 1. The number of carboxylic acids is 2. The maximum Gasteiger partial charge on any atom is 0.352 e. The third kappa shape index (κ3) is 8.47. The molecule has 1 unspecified atom stereocenters. The van der Waals surface area contributed by atoms with E-state index in [-0.39, 0.29) is 22.7 Å². The predicted molar refractivity (Wildman–Crippen MR) is 184 cm³/mol. The van der Waals surface area contributed by atoms with E-state index in [2.05, 4.69) is 15.8 Å². The normalized spacial score (nSPS) is 25.3. The number of nitrogens with two attached hydrogens (primary N) is 3. The molecular weight excluding hydrogens is 661 g/mol. The SMILES string of the molecule is CC(C)(O/N=C(\C(=O)N[C@@H]1C(=O)N2C(C(=O)O)=C(/C=C/C[N+]3=C/C(NCCN)=C(N)\C=C\C=C\3)CSC12)C1=CSC(N)=CC=C1)C(=O)O. The number of carbonyl (C=O) groups is 4. The molecule has 15 nitrogen and oxygen atoms in total. The molecule has 254 valence electrons.